The normalized spacial score (nSPS) is 25.4. The minimum absolute atomic E-state index is 0.0177. The van der Waals surface area contributed by atoms with Crippen molar-refractivity contribution in [3.63, 3.8) is 0 Å². The molecule has 0 radical (unpaired) electrons. The molecule has 16 heavy (non-hydrogen) atoms. The number of benzene rings is 1. The van der Waals surface area contributed by atoms with Gasteiger partial charge in [-0.1, -0.05) is 6.07 Å². The van der Waals surface area contributed by atoms with E-state index in [-0.39, 0.29) is 11.7 Å². The van der Waals surface area contributed by atoms with Crippen LogP contribution in [-0.4, -0.2) is 21.8 Å². The molecule has 1 fully saturated rings. The van der Waals surface area contributed by atoms with Crippen molar-refractivity contribution in [3.8, 4) is 0 Å². The van der Waals surface area contributed by atoms with Crippen molar-refractivity contribution in [2.75, 3.05) is 16.8 Å². The van der Waals surface area contributed by atoms with E-state index in [9.17, 15) is 13.0 Å². The van der Waals surface area contributed by atoms with E-state index in [0.29, 0.717) is 24.3 Å². The third kappa shape index (κ3) is 2.58. The van der Waals surface area contributed by atoms with Gasteiger partial charge in [0, 0.05) is 28.3 Å². The number of anilines is 1. The van der Waals surface area contributed by atoms with E-state index in [0.717, 1.165) is 0 Å². The Labute approximate surface area is 95.5 Å². The van der Waals surface area contributed by atoms with Crippen LogP contribution in [0.3, 0.4) is 0 Å². The predicted molar refractivity (Wildman–Crippen MR) is 60.9 cm³/mol. The summed E-state index contributed by atoms with van der Waals surface area (Å²) in [6.45, 7) is 0. The van der Waals surface area contributed by atoms with Crippen LogP contribution in [-0.2, 0) is 10.8 Å². The van der Waals surface area contributed by atoms with Crippen molar-refractivity contribution >= 4 is 16.5 Å². The van der Waals surface area contributed by atoms with Crippen molar-refractivity contribution in [2.45, 2.75) is 18.9 Å². The first-order chi connectivity index (χ1) is 7.66. The van der Waals surface area contributed by atoms with Gasteiger partial charge in [-0.15, -0.1) is 0 Å². The summed E-state index contributed by atoms with van der Waals surface area (Å²) in [6, 6.07) is 3.81. The van der Waals surface area contributed by atoms with Crippen LogP contribution in [0.4, 0.5) is 14.5 Å². The first-order valence-electron chi connectivity index (χ1n) is 5.22. The first kappa shape index (κ1) is 11.5. The zero-order valence-electron chi connectivity index (χ0n) is 8.71. The molecule has 2 rings (SSSR count). The fraction of sp³-hybridized carbons (Fsp3) is 0.455. The molecule has 1 saturated heterocycles. The fourth-order valence-corrected chi connectivity index (χ4v) is 3.08. The standard InChI is InChI=1S/C11H13F2NOS/c12-9-2-1-3-10(13)11(9)14-8-4-6-16(15)7-5-8/h1-3,8,14H,4-7H2. The summed E-state index contributed by atoms with van der Waals surface area (Å²) in [5.41, 5.74) is -0.0693. The highest BCUT2D eigenvalue weighted by molar-refractivity contribution is 7.85. The van der Waals surface area contributed by atoms with E-state index < -0.39 is 22.4 Å². The Morgan fingerprint density at radius 1 is 1.19 bits per heavy atom. The van der Waals surface area contributed by atoms with Crippen molar-refractivity contribution < 1.29 is 13.0 Å². The Morgan fingerprint density at radius 2 is 1.75 bits per heavy atom. The molecule has 0 atom stereocenters. The molecule has 1 heterocycles. The largest absolute Gasteiger partial charge is 0.377 e. The van der Waals surface area contributed by atoms with Gasteiger partial charge in [-0.05, 0) is 25.0 Å². The van der Waals surface area contributed by atoms with Gasteiger partial charge in [0.25, 0.3) is 0 Å². The van der Waals surface area contributed by atoms with Gasteiger partial charge >= 0.3 is 0 Å². The van der Waals surface area contributed by atoms with Gasteiger partial charge in [-0.2, -0.15) is 0 Å². The van der Waals surface area contributed by atoms with Crippen molar-refractivity contribution in [3.05, 3.63) is 29.8 Å². The molecular weight excluding hydrogens is 232 g/mol. The van der Waals surface area contributed by atoms with Crippen LogP contribution in [0.1, 0.15) is 12.8 Å². The number of hydrogen-bond donors (Lipinski definition) is 1. The van der Waals surface area contributed by atoms with Crippen LogP contribution in [0, 0.1) is 11.6 Å². The minimum Gasteiger partial charge on any atom is -0.377 e. The summed E-state index contributed by atoms with van der Waals surface area (Å²) in [4.78, 5) is 0. The Bertz CT molecular complexity index is 381. The number of rotatable bonds is 2. The molecular formula is C11H13F2NOS. The summed E-state index contributed by atoms with van der Waals surface area (Å²) in [6.07, 6.45) is 1.39. The van der Waals surface area contributed by atoms with Gasteiger partial charge in [-0.25, -0.2) is 8.78 Å². The van der Waals surface area contributed by atoms with E-state index in [1.54, 1.807) is 0 Å². The number of halogens is 2. The molecule has 0 spiro atoms. The van der Waals surface area contributed by atoms with Gasteiger partial charge in [-0.3, -0.25) is 4.21 Å². The predicted octanol–water partition coefficient (Wildman–Crippen LogP) is 2.29. The maximum atomic E-state index is 13.3. The molecule has 0 amide bonds. The molecule has 0 aliphatic carbocycles. The second-order valence-electron chi connectivity index (χ2n) is 3.86. The van der Waals surface area contributed by atoms with Crippen molar-refractivity contribution in [1.82, 2.24) is 0 Å². The van der Waals surface area contributed by atoms with E-state index in [2.05, 4.69) is 5.32 Å². The molecule has 0 unspecified atom stereocenters. The second kappa shape index (κ2) is 4.91. The Balaban J connectivity index is 2.06. The lowest BCUT2D eigenvalue weighted by atomic mass is 10.1. The third-order valence-corrected chi connectivity index (χ3v) is 4.08. The number of hydrogen-bond acceptors (Lipinski definition) is 2. The lowest BCUT2D eigenvalue weighted by molar-refractivity contribution is 0.571. The third-order valence-electron chi connectivity index (χ3n) is 2.70. The van der Waals surface area contributed by atoms with Gasteiger partial charge < -0.3 is 5.32 Å². The maximum absolute atomic E-state index is 13.3. The molecule has 1 aliphatic heterocycles. The molecule has 88 valence electrons. The van der Waals surface area contributed by atoms with Crippen LogP contribution in [0.5, 0.6) is 0 Å². The lowest BCUT2D eigenvalue weighted by Crippen LogP contribution is -2.30. The summed E-state index contributed by atoms with van der Waals surface area (Å²) in [5, 5.41) is 2.85. The van der Waals surface area contributed by atoms with Crippen LogP contribution >= 0.6 is 0 Å². The topological polar surface area (TPSA) is 29.1 Å². The lowest BCUT2D eigenvalue weighted by Gasteiger charge is -2.23. The highest BCUT2D eigenvalue weighted by atomic mass is 32.2. The molecule has 2 nitrogen and oxygen atoms in total. The quantitative estimate of drug-likeness (QED) is 0.866. The zero-order chi connectivity index (χ0) is 11.5. The first-order valence-corrected chi connectivity index (χ1v) is 6.71. The van der Waals surface area contributed by atoms with Crippen LogP contribution in [0.2, 0.25) is 0 Å². The van der Waals surface area contributed by atoms with Gasteiger partial charge in [0.2, 0.25) is 0 Å². The molecule has 1 aromatic rings. The van der Waals surface area contributed by atoms with Gasteiger partial charge in [0.1, 0.15) is 17.3 Å². The monoisotopic (exact) mass is 245 g/mol. The molecule has 1 aliphatic rings. The average Bonchev–Trinajstić information content (AvgIpc) is 2.26. The van der Waals surface area contributed by atoms with Crippen molar-refractivity contribution in [1.29, 1.82) is 0 Å². The number of nitrogens with one attached hydrogen (secondary N) is 1. The van der Waals surface area contributed by atoms with E-state index >= 15 is 0 Å². The minimum atomic E-state index is -0.757. The molecule has 1 N–H and O–H groups in total. The van der Waals surface area contributed by atoms with Crippen LogP contribution in [0.15, 0.2) is 18.2 Å². The van der Waals surface area contributed by atoms with E-state index in [1.165, 1.54) is 18.2 Å². The highest BCUT2D eigenvalue weighted by Crippen LogP contribution is 2.22. The molecule has 0 bridgehead atoms. The SMILES string of the molecule is O=S1CCC(Nc2c(F)cccc2F)CC1. The maximum Gasteiger partial charge on any atom is 0.149 e. The van der Waals surface area contributed by atoms with E-state index in [4.69, 9.17) is 0 Å². The summed E-state index contributed by atoms with van der Waals surface area (Å²) in [5.74, 6) is 0.0555. The summed E-state index contributed by atoms with van der Waals surface area (Å²) >= 11 is 0. The molecule has 5 heteroatoms. The molecule has 1 aromatic carbocycles. The zero-order valence-corrected chi connectivity index (χ0v) is 9.53. The highest BCUT2D eigenvalue weighted by Gasteiger charge is 2.19. The number of para-hydroxylation sites is 1. The van der Waals surface area contributed by atoms with Gasteiger partial charge in [0.05, 0.1) is 0 Å². The van der Waals surface area contributed by atoms with Crippen molar-refractivity contribution in [2.24, 2.45) is 0 Å². The Kier molecular flexibility index (Phi) is 3.53. The molecule has 0 aromatic heterocycles. The summed E-state index contributed by atoms with van der Waals surface area (Å²) < 4.78 is 37.8. The van der Waals surface area contributed by atoms with E-state index in [1.807, 2.05) is 0 Å². The Hall–Kier alpha value is -0.970. The average molecular weight is 245 g/mol. The summed E-state index contributed by atoms with van der Waals surface area (Å²) in [7, 11) is -0.757. The van der Waals surface area contributed by atoms with Crippen LogP contribution in [0.25, 0.3) is 0 Å². The smallest absolute Gasteiger partial charge is 0.149 e. The Morgan fingerprint density at radius 3 is 2.31 bits per heavy atom. The van der Waals surface area contributed by atoms with Crippen LogP contribution < -0.4 is 5.32 Å². The fourth-order valence-electron chi connectivity index (χ4n) is 1.78. The molecule has 0 saturated carbocycles. The van der Waals surface area contributed by atoms with Gasteiger partial charge in [0.15, 0.2) is 0 Å². The second-order valence-corrected chi connectivity index (χ2v) is 5.56.